The number of hydrogen-bond donors (Lipinski definition) is 1. The van der Waals surface area contributed by atoms with Gasteiger partial charge in [0.1, 0.15) is 11.6 Å². The molecule has 3 aromatic rings. The average molecular weight is 459 g/mol. The molecule has 1 N–H and O–H groups in total. The number of ketones is 1. The van der Waals surface area contributed by atoms with Crippen molar-refractivity contribution in [1.29, 1.82) is 0 Å². The van der Waals surface area contributed by atoms with Gasteiger partial charge in [0.25, 0.3) is 11.7 Å². The molecule has 3 aromatic carbocycles. The summed E-state index contributed by atoms with van der Waals surface area (Å²) in [5, 5.41) is 11.1. The maximum Gasteiger partial charge on any atom is 0.300 e. The van der Waals surface area contributed by atoms with E-state index < -0.39 is 23.5 Å². The van der Waals surface area contributed by atoms with E-state index in [0.29, 0.717) is 5.69 Å². The molecule has 1 fully saturated rings. The molecular formula is C28H27FN2O3. The Kier molecular flexibility index (Phi) is 6.50. The van der Waals surface area contributed by atoms with Crippen molar-refractivity contribution in [2.45, 2.75) is 26.8 Å². The number of rotatable bonds is 6. The van der Waals surface area contributed by atoms with E-state index in [0.717, 1.165) is 29.9 Å². The van der Waals surface area contributed by atoms with Crippen molar-refractivity contribution in [3.05, 3.63) is 101 Å². The van der Waals surface area contributed by atoms with Crippen LogP contribution < -0.4 is 9.80 Å². The molecule has 0 saturated carbocycles. The quantitative estimate of drug-likeness (QED) is 0.296. The first-order valence-corrected chi connectivity index (χ1v) is 11.3. The van der Waals surface area contributed by atoms with Crippen molar-refractivity contribution in [2.24, 2.45) is 0 Å². The number of anilines is 2. The number of carbonyl (C=O) groups is 2. The Balaban J connectivity index is 1.88. The number of Topliss-reactive ketones (excluding diaryl/α,β-unsaturated/α-hetero) is 1. The monoisotopic (exact) mass is 458 g/mol. The molecule has 34 heavy (non-hydrogen) atoms. The minimum atomic E-state index is -0.814. The fraction of sp³-hybridized carbons (Fsp3) is 0.214. The molecule has 1 aliphatic rings. The Bertz CT molecular complexity index is 1250. The lowest BCUT2D eigenvalue weighted by Crippen LogP contribution is -2.30. The number of benzene rings is 3. The molecule has 6 heteroatoms. The molecule has 1 heterocycles. The molecule has 1 aliphatic heterocycles. The van der Waals surface area contributed by atoms with Crippen LogP contribution in [0.15, 0.2) is 78.4 Å². The summed E-state index contributed by atoms with van der Waals surface area (Å²) in [6.45, 7) is 7.74. The highest BCUT2D eigenvalue weighted by molar-refractivity contribution is 6.51. The normalized spacial score (nSPS) is 17.3. The maximum absolute atomic E-state index is 13.5. The Hall–Kier alpha value is -3.93. The van der Waals surface area contributed by atoms with Crippen molar-refractivity contribution in [3.8, 4) is 0 Å². The second-order valence-electron chi connectivity index (χ2n) is 8.22. The van der Waals surface area contributed by atoms with Gasteiger partial charge in [0, 0.05) is 30.0 Å². The zero-order valence-electron chi connectivity index (χ0n) is 19.5. The van der Waals surface area contributed by atoms with Crippen molar-refractivity contribution in [1.82, 2.24) is 0 Å². The third kappa shape index (κ3) is 4.07. The summed E-state index contributed by atoms with van der Waals surface area (Å²) < 4.78 is 13.5. The SMILES string of the molecule is CCN(CC)c1ccc(N2C(=O)C(=O)/C(=C(/O)c3ccc(F)cc3)C2c2ccccc2C)cc1. The van der Waals surface area contributed by atoms with Gasteiger partial charge in [-0.05, 0) is 80.4 Å². The molecule has 1 saturated heterocycles. The number of halogens is 1. The zero-order valence-corrected chi connectivity index (χ0v) is 19.5. The van der Waals surface area contributed by atoms with Crippen LogP contribution in [0.5, 0.6) is 0 Å². The fourth-order valence-corrected chi connectivity index (χ4v) is 4.46. The van der Waals surface area contributed by atoms with Crippen molar-refractivity contribution >= 4 is 28.8 Å². The fourth-order valence-electron chi connectivity index (χ4n) is 4.46. The smallest absolute Gasteiger partial charge is 0.300 e. The third-order valence-electron chi connectivity index (χ3n) is 6.30. The number of aliphatic hydroxyl groups excluding tert-OH is 1. The summed E-state index contributed by atoms with van der Waals surface area (Å²) in [5.74, 6) is -2.27. The van der Waals surface area contributed by atoms with Crippen molar-refractivity contribution in [2.75, 3.05) is 22.9 Å². The highest BCUT2D eigenvalue weighted by atomic mass is 19.1. The Morgan fingerprint density at radius 2 is 1.56 bits per heavy atom. The van der Waals surface area contributed by atoms with Gasteiger partial charge in [-0.25, -0.2) is 4.39 Å². The Morgan fingerprint density at radius 1 is 0.941 bits per heavy atom. The Morgan fingerprint density at radius 3 is 2.15 bits per heavy atom. The van der Waals surface area contributed by atoms with Crippen molar-refractivity contribution < 1.29 is 19.1 Å². The van der Waals surface area contributed by atoms with Gasteiger partial charge in [0.05, 0.1) is 11.6 Å². The minimum absolute atomic E-state index is 0.0151. The molecule has 4 rings (SSSR count). The Labute approximate surface area is 198 Å². The molecule has 0 bridgehead atoms. The van der Waals surface area contributed by atoms with E-state index in [1.807, 2.05) is 55.5 Å². The number of aliphatic hydroxyl groups is 1. The van der Waals surface area contributed by atoms with Crippen LogP contribution in [-0.4, -0.2) is 29.9 Å². The van der Waals surface area contributed by atoms with Gasteiger partial charge in [-0.3, -0.25) is 14.5 Å². The molecule has 0 radical (unpaired) electrons. The van der Waals surface area contributed by atoms with E-state index in [1.165, 1.54) is 29.2 Å². The molecule has 0 spiro atoms. The minimum Gasteiger partial charge on any atom is -0.507 e. The van der Waals surface area contributed by atoms with E-state index in [9.17, 15) is 19.1 Å². The van der Waals surface area contributed by atoms with Crippen LogP contribution in [0.25, 0.3) is 5.76 Å². The lowest BCUT2D eigenvalue weighted by Gasteiger charge is -2.27. The first kappa shape index (κ1) is 23.2. The molecule has 174 valence electrons. The first-order valence-electron chi connectivity index (χ1n) is 11.3. The molecule has 1 atom stereocenters. The van der Waals surface area contributed by atoms with E-state index in [2.05, 4.69) is 18.7 Å². The standard InChI is InChI=1S/C28H27FN2O3/c1-4-30(5-2)21-14-16-22(17-15-21)31-25(23-9-7-6-8-18(23)3)24(27(33)28(31)34)26(32)19-10-12-20(29)13-11-19/h6-17,25,32H,4-5H2,1-3H3/b26-24+. The summed E-state index contributed by atoms with van der Waals surface area (Å²) in [6.07, 6.45) is 0. The highest BCUT2D eigenvalue weighted by Gasteiger charge is 2.47. The maximum atomic E-state index is 13.5. The summed E-state index contributed by atoms with van der Waals surface area (Å²) >= 11 is 0. The lowest BCUT2D eigenvalue weighted by atomic mass is 9.92. The molecule has 0 aromatic heterocycles. The summed E-state index contributed by atoms with van der Waals surface area (Å²) in [6, 6.07) is 19.4. The lowest BCUT2D eigenvalue weighted by molar-refractivity contribution is -0.132. The van der Waals surface area contributed by atoms with Gasteiger partial charge < -0.3 is 10.0 Å². The summed E-state index contributed by atoms with van der Waals surface area (Å²) in [7, 11) is 0. The van der Waals surface area contributed by atoms with Crippen LogP contribution >= 0.6 is 0 Å². The van der Waals surface area contributed by atoms with Crippen LogP contribution in [0.2, 0.25) is 0 Å². The number of hydrogen-bond acceptors (Lipinski definition) is 4. The van der Waals surface area contributed by atoms with Gasteiger partial charge in [0.2, 0.25) is 0 Å². The van der Waals surface area contributed by atoms with Gasteiger partial charge in [-0.1, -0.05) is 24.3 Å². The number of carbonyl (C=O) groups excluding carboxylic acids is 2. The predicted molar refractivity (Wildman–Crippen MR) is 132 cm³/mol. The second-order valence-corrected chi connectivity index (χ2v) is 8.22. The van der Waals surface area contributed by atoms with Crippen LogP contribution in [0.3, 0.4) is 0 Å². The third-order valence-corrected chi connectivity index (χ3v) is 6.30. The van der Waals surface area contributed by atoms with Crippen LogP contribution in [0, 0.1) is 12.7 Å². The van der Waals surface area contributed by atoms with Gasteiger partial charge >= 0.3 is 0 Å². The van der Waals surface area contributed by atoms with E-state index in [1.54, 1.807) is 0 Å². The number of aryl methyl sites for hydroxylation is 1. The topological polar surface area (TPSA) is 60.9 Å². The van der Waals surface area contributed by atoms with E-state index >= 15 is 0 Å². The first-order chi connectivity index (χ1) is 16.4. The molecule has 5 nitrogen and oxygen atoms in total. The highest BCUT2D eigenvalue weighted by Crippen LogP contribution is 2.43. The zero-order chi connectivity index (χ0) is 24.4. The molecule has 0 aliphatic carbocycles. The molecule has 1 amide bonds. The van der Waals surface area contributed by atoms with Crippen LogP contribution in [0.1, 0.15) is 36.6 Å². The average Bonchev–Trinajstić information content (AvgIpc) is 3.11. The van der Waals surface area contributed by atoms with Gasteiger partial charge in [-0.2, -0.15) is 0 Å². The van der Waals surface area contributed by atoms with Crippen molar-refractivity contribution in [3.63, 3.8) is 0 Å². The molecule has 1 unspecified atom stereocenters. The van der Waals surface area contributed by atoms with Gasteiger partial charge in [0.15, 0.2) is 0 Å². The summed E-state index contributed by atoms with van der Waals surface area (Å²) in [5.41, 5.74) is 3.45. The van der Waals surface area contributed by atoms with E-state index in [4.69, 9.17) is 0 Å². The molecular weight excluding hydrogens is 431 g/mol. The van der Waals surface area contributed by atoms with Crippen LogP contribution in [-0.2, 0) is 9.59 Å². The number of amides is 1. The predicted octanol–water partition coefficient (Wildman–Crippen LogP) is 5.61. The largest absolute Gasteiger partial charge is 0.507 e. The second kappa shape index (κ2) is 9.51. The van der Waals surface area contributed by atoms with Crippen LogP contribution in [0.4, 0.5) is 15.8 Å². The number of nitrogens with zero attached hydrogens (tertiary/aromatic N) is 2. The van der Waals surface area contributed by atoms with E-state index in [-0.39, 0.29) is 16.9 Å². The van der Waals surface area contributed by atoms with Gasteiger partial charge in [-0.15, -0.1) is 0 Å². The summed E-state index contributed by atoms with van der Waals surface area (Å²) in [4.78, 5) is 30.2.